The molecule has 0 saturated carbocycles. The van der Waals surface area contributed by atoms with Crippen LogP contribution in [0.1, 0.15) is 45.7 Å². The van der Waals surface area contributed by atoms with Crippen LogP contribution in [-0.4, -0.2) is 5.91 Å². The van der Waals surface area contributed by atoms with Crippen molar-refractivity contribution in [1.82, 2.24) is 0 Å². The van der Waals surface area contributed by atoms with Gasteiger partial charge in [0, 0.05) is 12.6 Å². The zero-order valence-electron chi connectivity index (χ0n) is 10.8. The van der Waals surface area contributed by atoms with E-state index in [0.717, 1.165) is 12.1 Å². The summed E-state index contributed by atoms with van der Waals surface area (Å²) in [4.78, 5) is 11.1. The Labute approximate surface area is 98.1 Å². The van der Waals surface area contributed by atoms with Gasteiger partial charge in [-0.05, 0) is 29.0 Å². The Balaban J connectivity index is 3.11. The van der Waals surface area contributed by atoms with E-state index >= 15 is 0 Å². The first kappa shape index (κ1) is 12.8. The second kappa shape index (κ2) is 4.69. The minimum Gasteiger partial charge on any atom is -0.326 e. The summed E-state index contributed by atoms with van der Waals surface area (Å²) in [5.41, 5.74) is 3.59. The van der Waals surface area contributed by atoms with Crippen LogP contribution in [0.25, 0.3) is 0 Å². The van der Waals surface area contributed by atoms with E-state index in [-0.39, 0.29) is 11.3 Å². The van der Waals surface area contributed by atoms with E-state index in [9.17, 15) is 4.79 Å². The average molecular weight is 219 g/mol. The highest BCUT2D eigenvalue weighted by atomic mass is 16.1. The third kappa shape index (κ3) is 3.09. The van der Waals surface area contributed by atoms with Gasteiger partial charge in [0.2, 0.25) is 5.91 Å². The second-order valence-corrected chi connectivity index (χ2v) is 5.16. The maximum absolute atomic E-state index is 11.1. The normalized spacial score (nSPS) is 11.3. The Morgan fingerprint density at radius 3 is 2.38 bits per heavy atom. The van der Waals surface area contributed by atoms with Gasteiger partial charge < -0.3 is 5.32 Å². The molecule has 1 rings (SSSR count). The molecular formula is C14H21NO. The topological polar surface area (TPSA) is 29.1 Å². The number of rotatable bonds is 2. The highest BCUT2D eigenvalue weighted by Gasteiger charge is 2.15. The van der Waals surface area contributed by atoms with Gasteiger partial charge in [0.1, 0.15) is 0 Å². The van der Waals surface area contributed by atoms with Crippen LogP contribution in [0.4, 0.5) is 5.69 Å². The minimum atomic E-state index is -0.0155. The van der Waals surface area contributed by atoms with Gasteiger partial charge in [-0.15, -0.1) is 0 Å². The van der Waals surface area contributed by atoms with E-state index in [2.05, 4.69) is 45.1 Å². The van der Waals surface area contributed by atoms with Gasteiger partial charge in [0.15, 0.2) is 0 Å². The van der Waals surface area contributed by atoms with Crippen molar-refractivity contribution in [2.24, 2.45) is 0 Å². The molecule has 0 aromatic heterocycles. The quantitative estimate of drug-likeness (QED) is 0.810. The molecule has 0 atom stereocenters. The van der Waals surface area contributed by atoms with Gasteiger partial charge in [0.05, 0.1) is 0 Å². The molecule has 0 unspecified atom stereocenters. The van der Waals surface area contributed by atoms with E-state index in [1.165, 1.54) is 18.1 Å². The number of nitrogens with one attached hydrogen (secondary N) is 1. The van der Waals surface area contributed by atoms with Crippen molar-refractivity contribution in [2.75, 3.05) is 5.32 Å². The van der Waals surface area contributed by atoms with Gasteiger partial charge in [-0.1, -0.05) is 39.8 Å². The fourth-order valence-corrected chi connectivity index (χ4v) is 1.66. The highest BCUT2D eigenvalue weighted by Crippen LogP contribution is 2.27. The lowest BCUT2D eigenvalue weighted by atomic mass is 9.85. The van der Waals surface area contributed by atoms with Crippen LogP contribution in [0.5, 0.6) is 0 Å². The van der Waals surface area contributed by atoms with E-state index in [0.29, 0.717) is 0 Å². The number of hydrogen-bond acceptors (Lipinski definition) is 1. The monoisotopic (exact) mass is 219 g/mol. The molecule has 0 bridgehead atoms. The molecule has 0 aliphatic heterocycles. The third-order valence-electron chi connectivity index (χ3n) is 2.66. The second-order valence-electron chi connectivity index (χ2n) is 5.16. The first-order valence-corrected chi connectivity index (χ1v) is 5.75. The summed E-state index contributed by atoms with van der Waals surface area (Å²) in [5.74, 6) is -0.0155. The summed E-state index contributed by atoms with van der Waals surface area (Å²) in [7, 11) is 0. The largest absolute Gasteiger partial charge is 0.326 e. The fourth-order valence-electron chi connectivity index (χ4n) is 1.66. The number of amides is 1. The molecule has 0 aliphatic rings. The van der Waals surface area contributed by atoms with Crippen molar-refractivity contribution in [3.8, 4) is 0 Å². The molecule has 0 heterocycles. The summed E-state index contributed by atoms with van der Waals surface area (Å²) in [6.07, 6.45) is 0.930. The molecule has 0 fully saturated rings. The molecular weight excluding hydrogens is 198 g/mol. The van der Waals surface area contributed by atoms with Crippen LogP contribution in [0.2, 0.25) is 0 Å². The Morgan fingerprint density at radius 2 is 1.94 bits per heavy atom. The smallest absolute Gasteiger partial charge is 0.221 e. The molecule has 0 radical (unpaired) electrons. The Morgan fingerprint density at radius 1 is 1.31 bits per heavy atom. The molecule has 1 amide bonds. The molecule has 0 spiro atoms. The summed E-state index contributed by atoms with van der Waals surface area (Å²) < 4.78 is 0. The van der Waals surface area contributed by atoms with Crippen LogP contribution in [-0.2, 0) is 16.6 Å². The van der Waals surface area contributed by atoms with Gasteiger partial charge in [-0.3, -0.25) is 4.79 Å². The first-order chi connectivity index (χ1) is 7.34. The SMILES string of the molecule is CCc1cc(C(C)(C)C)ccc1NC(C)=O. The van der Waals surface area contributed by atoms with Crippen LogP contribution >= 0.6 is 0 Å². The predicted octanol–water partition coefficient (Wildman–Crippen LogP) is 3.50. The number of hydrogen-bond donors (Lipinski definition) is 1. The van der Waals surface area contributed by atoms with E-state index in [1.54, 1.807) is 0 Å². The molecule has 0 saturated heterocycles. The van der Waals surface area contributed by atoms with Crippen LogP contribution in [0, 0.1) is 0 Å². The first-order valence-electron chi connectivity index (χ1n) is 5.75. The molecule has 1 N–H and O–H groups in total. The third-order valence-corrected chi connectivity index (χ3v) is 2.66. The maximum atomic E-state index is 11.1. The highest BCUT2D eigenvalue weighted by molar-refractivity contribution is 5.89. The number of anilines is 1. The van der Waals surface area contributed by atoms with Crippen LogP contribution < -0.4 is 5.32 Å². The summed E-state index contributed by atoms with van der Waals surface area (Å²) in [6, 6.07) is 6.27. The number of aryl methyl sites for hydroxylation is 1. The van der Waals surface area contributed by atoms with E-state index < -0.39 is 0 Å². The van der Waals surface area contributed by atoms with Gasteiger partial charge >= 0.3 is 0 Å². The lowest BCUT2D eigenvalue weighted by Crippen LogP contribution is -2.13. The molecule has 0 aliphatic carbocycles. The molecule has 16 heavy (non-hydrogen) atoms. The zero-order chi connectivity index (χ0) is 12.3. The predicted molar refractivity (Wildman–Crippen MR) is 68.8 cm³/mol. The van der Waals surface area contributed by atoms with Crippen molar-refractivity contribution in [3.05, 3.63) is 29.3 Å². The average Bonchev–Trinajstić information content (AvgIpc) is 2.15. The lowest BCUT2D eigenvalue weighted by Gasteiger charge is -2.21. The molecule has 2 heteroatoms. The molecule has 1 aromatic carbocycles. The summed E-state index contributed by atoms with van der Waals surface area (Å²) >= 11 is 0. The standard InChI is InChI=1S/C14H21NO/c1-6-11-9-12(14(3,4)5)7-8-13(11)15-10(2)16/h7-9H,6H2,1-5H3,(H,15,16). The summed E-state index contributed by atoms with van der Waals surface area (Å²) in [5, 5.41) is 2.86. The van der Waals surface area contributed by atoms with Crippen LogP contribution in [0.15, 0.2) is 18.2 Å². The Bertz CT molecular complexity index is 388. The van der Waals surface area contributed by atoms with Gasteiger partial charge in [-0.2, -0.15) is 0 Å². The van der Waals surface area contributed by atoms with Crippen molar-refractivity contribution in [1.29, 1.82) is 0 Å². The minimum absolute atomic E-state index is 0.0155. The van der Waals surface area contributed by atoms with Crippen molar-refractivity contribution < 1.29 is 4.79 Å². The zero-order valence-corrected chi connectivity index (χ0v) is 10.8. The number of benzene rings is 1. The molecule has 88 valence electrons. The van der Waals surface area contributed by atoms with Gasteiger partial charge in [-0.25, -0.2) is 0 Å². The molecule has 2 nitrogen and oxygen atoms in total. The van der Waals surface area contributed by atoms with Crippen molar-refractivity contribution >= 4 is 11.6 Å². The lowest BCUT2D eigenvalue weighted by molar-refractivity contribution is -0.114. The van der Waals surface area contributed by atoms with E-state index in [4.69, 9.17) is 0 Å². The molecule has 1 aromatic rings. The Kier molecular flexibility index (Phi) is 3.74. The van der Waals surface area contributed by atoms with Crippen molar-refractivity contribution in [2.45, 2.75) is 46.5 Å². The van der Waals surface area contributed by atoms with Crippen LogP contribution in [0.3, 0.4) is 0 Å². The Hall–Kier alpha value is -1.31. The fraction of sp³-hybridized carbons (Fsp3) is 0.500. The number of carbonyl (C=O) groups excluding carboxylic acids is 1. The summed E-state index contributed by atoms with van der Waals surface area (Å²) in [6.45, 7) is 10.2. The van der Waals surface area contributed by atoms with Gasteiger partial charge in [0.25, 0.3) is 0 Å². The van der Waals surface area contributed by atoms with Crippen molar-refractivity contribution in [3.63, 3.8) is 0 Å². The number of carbonyl (C=O) groups is 1. The van der Waals surface area contributed by atoms with E-state index in [1.807, 2.05) is 6.07 Å². The maximum Gasteiger partial charge on any atom is 0.221 e.